The normalized spacial score (nSPS) is 19.4. The van der Waals surface area contributed by atoms with Crippen molar-refractivity contribution in [2.75, 3.05) is 11.9 Å². The molecule has 4 nitrogen and oxygen atoms in total. The van der Waals surface area contributed by atoms with Crippen molar-refractivity contribution in [2.24, 2.45) is 0 Å². The second kappa shape index (κ2) is 5.79. The lowest BCUT2D eigenvalue weighted by atomic mass is 9.97. The van der Waals surface area contributed by atoms with E-state index in [-0.39, 0.29) is 5.69 Å². The van der Waals surface area contributed by atoms with Gasteiger partial charge in [-0.05, 0) is 38.8 Å². The predicted molar refractivity (Wildman–Crippen MR) is 76.5 cm³/mol. The first-order chi connectivity index (χ1) is 10.1. The van der Waals surface area contributed by atoms with Crippen LogP contribution in [0.3, 0.4) is 0 Å². The first-order valence-electron chi connectivity index (χ1n) is 7.07. The van der Waals surface area contributed by atoms with Gasteiger partial charge >= 0.3 is 12.2 Å². The monoisotopic (exact) mass is 316 g/mol. The summed E-state index contributed by atoms with van der Waals surface area (Å²) in [5, 5.41) is 12.4. The SMILES string of the molecule is CC(C)(O)C1CCCN1C(=O)Nc1ccccc1C(F)(F)F. The summed E-state index contributed by atoms with van der Waals surface area (Å²) in [6.45, 7) is 3.59. The Morgan fingerprint density at radius 3 is 2.55 bits per heavy atom. The largest absolute Gasteiger partial charge is 0.418 e. The quantitative estimate of drug-likeness (QED) is 0.878. The molecule has 0 bridgehead atoms. The number of hydrogen-bond donors (Lipinski definition) is 2. The first kappa shape index (κ1) is 16.6. The molecule has 1 heterocycles. The molecule has 1 unspecified atom stereocenters. The highest BCUT2D eigenvalue weighted by atomic mass is 19.4. The average Bonchev–Trinajstić information content (AvgIpc) is 2.87. The van der Waals surface area contributed by atoms with Crippen LogP contribution in [0.4, 0.5) is 23.7 Å². The number of anilines is 1. The Morgan fingerprint density at radius 1 is 1.32 bits per heavy atom. The lowest BCUT2D eigenvalue weighted by Gasteiger charge is -2.34. The number of benzene rings is 1. The van der Waals surface area contributed by atoms with E-state index in [4.69, 9.17) is 0 Å². The lowest BCUT2D eigenvalue weighted by Crippen LogP contribution is -2.49. The summed E-state index contributed by atoms with van der Waals surface area (Å²) in [5.41, 5.74) is -2.26. The zero-order valence-electron chi connectivity index (χ0n) is 12.4. The number of hydrogen-bond acceptors (Lipinski definition) is 2. The molecule has 2 rings (SSSR count). The number of urea groups is 1. The molecule has 0 radical (unpaired) electrons. The summed E-state index contributed by atoms with van der Waals surface area (Å²) in [6, 6.07) is 3.81. The van der Waals surface area contributed by atoms with E-state index in [9.17, 15) is 23.1 Å². The fourth-order valence-electron chi connectivity index (χ4n) is 2.77. The van der Waals surface area contributed by atoms with E-state index in [1.807, 2.05) is 0 Å². The third-order valence-corrected chi connectivity index (χ3v) is 3.80. The van der Waals surface area contributed by atoms with Crippen LogP contribution in [0.25, 0.3) is 0 Å². The Labute approximate surface area is 126 Å². The van der Waals surface area contributed by atoms with Gasteiger partial charge in [0.2, 0.25) is 0 Å². The number of likely N-dealkylation sites (tertiary alicyclic amines) is 1. The van der Waals surface area contributed by atoms with Crippen molar-refractivity contribution < 1.29 is 23.1 Å². The van der Waals surface area contributed by atoms with Gasteiger partial charge < -0.3 is 15.3 Å². The fraction of sp³-hybridized carbons (Fsp3) is 0.533. The Bertz CT molecular complexity index is 552. The van der Waals surface area contributed by atoms with Gasteiger partial charge in [0.15, 0.2) is 0 Å². The van der Waals surface area contributed by atoms with Crippen molar-refractivity contribution in [3.63, 3.8) is 0 Å². The number of halogens is 3. The van der Waals surface area contributed by atoms with Crippen LogP contribution in [0.15, 0.2) is 24.3 Å². The van der Waals surface area contributed by atoms with Crippen LogP contribution in [0.5, 0.6) is 0 Å². The molecular weight excluding hydrogens is 297 g/mol. The molecule has 1 fully saturated rings. The summed E-state index contributed by atoms with van der Waals surface area (Å²) in [4.78, 5) is 13.7. The molecule has 1 aliphatic rings. The van der Waals surface area contributed by atoms with Gasteiger partial charge in [-0.15, -0.1) is 0 Å². The number of alkyl halides is 3. The number of para-hydroxylation sites is 1. The molecule has 22 heavy (non-hydrogen) atoms. The number of nitrogens with zero attached hydrogens (tertiary/aromatic N) is 1. The van der Waals surface area contributed by atoms with E-state index in [0.717, 1.165) is 6.07 Å². The molecule has 1 aromatic carbocycles. The van der Waals surface area contributed by atoms with E-state index >= 15 is 0 Å². The van der Waals surface area contributed by atoms with Gasteiger partial charge in [-0.25, -0.2) is 4.79 Å². The molecule has 1 aromatic rings. The van der Waals surface area contributed by atoms with Gasteiger partial charge in [0.1, 0.15) is 0 Å². The minimum Gasteiger partial charge on any atom is -0.388 e. The number of carbonyl (C=O) groups excluding carboxylic acids is 1. The van der Waals surface area contributed by atoms with E-state index in [0.29, 0.717) is 19.4 Å². The zero-order valence-corrected chi connectivity index (χ0v) is 12.4. The van der Waals surface area contributed by atoms with Crippen LogP contribution in [0.2, 0.25) is 0 Å². The van der Waals surface area contributed by atoms with E-state index < -0.39 is 29.4 Å². The molecular formula is C15H19F3N2O2. The van der Waals surface area contributed by atoms with Crippen molar-refractivity contribution in [3.8, 4) is 0 Å². The molecule has 0 aliphatic carbocycles. The summed E-state index contributed by atoms with van der Waals surface area (Å²) in [7, 11) is 0. The molecule has 2 amide bonds. The fourth-order valence-corrected chi connectivity index (χ4v) is 2.77. The van der Waals surface area contributed by atoms with Crippen LogP contribution in [-0.4, -0.2) is 34.2 Å². The minimum atomic E-state index is -4.54. The van der Waals surface area contributed by atoms with Crippen molar-refractivity contribution in [2.45, 2.75) is 44.5 Å². The maximum absolute atomic E-state index is 12.9. The molecule has 7 heteroatoms. The average molecular weight is 316 g/mol. The van der Waals surface area contributed by atoms with Gasteiger partial charge in [-0.2, -0.15) is 13.2 Å². The molecule has 2 N–H and O–H groups in total. The second-order valence-electron chi connectivity index (χ2n) is 5.98. The van der Waals surface area contributed by atoms with Gasteiger partial charge in [-0.3, -0.25) is 0 Å². The highest BCUT2D eigenvalue weighted by Crippen LogP contribution is 2.35. The highest BCUT2D eigenvalue weighted by Gasteiger charge is 2.39. The van der Waals surface area contributed by atoms with Crippen molar-refractivity contribution in [3.05, 3.63) is 29.8 Å². The number of amides is 2. The van der Waals surface area contributed by atoms with Gasteiger partial charge in [0, 0.05) is 6.54 Å². The standard InChI is InChI=1S/C15H19F3N2O2/c1-14(2,22)12-8-5-9-20(12)13(21)19-11-7-4-3-6-10(11)15(16,17)18/h3-4,6-7,12,22H,5,8-9H2,1-2H3,(H,19,21). The maximum atomic E-state index is 12.9. The van der Waals surface area contributed by atoms with Crippen LogP contribution in [0, 0.1) is 0 Å². The minimum absolute atomic E-state index is 0.276. The van der Waals surface area contributed by atoms with Crippen LogP contribution < -0.4 is 5.32 Å². The third-order valence-electron chi connectivity index (χ3n) is 3.80. The maximum Gasteiger partial charge on any atom is 0.418 e. The molecule has 122 valence electrons. The molecule has 1 saturated heterocycles. The van der Waals surface area contributed by atoms with Gasteiger partial charge in [0.05, 0.1) is 22.9 Å². The van der Waals surface area contributed by atoms with Crippen molar-refractivity contribution in [1.82, 2.24) is 4.90 Å². The number of rotatable bonds is 2. The molecule has 0 saturated carbocycles. The number of aliphatic hydroxyl groups is 1. The topological polar surface area (TPSA) is 52.6 Å². The van der Waals surface area contributed by atoms with E-state index in [2.05, 4.69) is 5.32 Å². The summed E-state index contributed by atoms with van der Waals surface area (Å²) >= 11 is 0. The highest BCUT2D eigenvalue weighted by molar-refractivity contribution is 5.90. The smallest absolute Gasteiger partial charge is 0.388 e. The second-order valence-corrected chi connectivity index (χ2v) is 5.98. The molecule has 0 spiro atoms. The summed E-state index contributed by atoms with van der Waals surface area (Å²) in [6.07, 6.45) is -3.20. The summed E-state index contributed by atoms with van der Waals surface area (Å²) in [5.74, 6) is 0. The van der Waals surface area contributed by atoms with E-state index in [1.54, 1.807) is 13.8 Å². The first-order valence-corrected chi connectivity index (χ1v) is 7.07. The lowest BCUT2D eigenvalue weighted by molar-refractivity contribution is -0.136. The van der Waals surface area contributed by atoms with Gasteiger partial charge in [-0.1, -0.05) is 12.1 Å². The molecule has 1 atom stereocenters. The van der Waals surface area contributed by atoms with Crippen molar-refractivity contribution in [1.29, 1.82) is 0 Å². The number of carbonyl (C=O) groups is 1. The van der Waals surface area contributed by atoms with Crippen molar-refractivity contribution >= 4 is 11.7 Å². The van der Waals surface area contributed by atoms with E-state index in [1.165, 1.54) is 23.1 Å². The Hall–Kier alpha value is -1.76. The molecule has 0 aromatic heterocycles. The van der Waals surface area contributed by atoms with Crippen LogP contribution >= 0.6 is 0 Å². The van der Waals surface area contributed by atoms with Crippen LogP contribution in [0.1, 0.15) is 32.3 Å². The Kier molecular flexibility index (Phi) is 4.37. The third kappa shape index (κ3) is 3.52. The summed E-state index contributed by atoms with van der Waals surface area (Å²) < 4.78 is 38.8. The molecule has 1 aliphatic heterocycles. The predicted octanol–water partition coefficient (Wildman–Crippen LogP) is 3.47. The Balaban J connectivity index is 2.20. The number of nitrogens with one attached hydrogen (secondary N) is 1. The van der Waals surface area contributed by atoms with Crippen LogP contribution in [-0.2, 0) is 6.18 Å². The Morgan fingerprint density at radius 2 is 1.95 bits per heavy atom. The zero-order chi connectivity index (χ0) is 16.5. The van der Waals surface area contributed by atoms with Gasteiger partial charge in [0.25, 0.3) is 0 Å².